The molecule has 2 fully saturated rings. The van der Waals surface area contributed by atoms with Crippen LogP contribution in [0.15, 0.2) is 29.2 Å². The van der Waals surface area contributed by atoms with Gasteiger partial charge in [-0.05, 0) is 48.4 Å². The summed E-state index contributed by atoms with van der Waals surface area (Å²) >= 11 is 0.773. The van der Waals surface area contributed by atoms with Gasteiger partial charge < -0.3 is 10.0 Å². The Labute approximate surface area is 137 Å². The van der Waals surface area contributed by atoms with E-state index in [1.807, 2.05) is 24.3 Å². The Morgan fingerprint density at radius 1 is 1.17 bits per heavy atom. The standard InChI is InChI=1S/C16H16N2O4S/c19-14(20)10-18-15(21)13(23-16(18)22)9-11-3-5-12(6-4-11)17-7-1-2-8-17/h3-6,9H,1-2,7-8,10H2,(H,19,20)/b13-9-. The predicted octanol–water partition coefficient (Wildman–Crippen LogP) is 2.41. The number of anilines is 1. The Morgan fingerprint density at radius 3 is 2.43 bits per heavy atom. The number of carbonyl (C=O) groups is 3. The molecular formula is C16H16N2O4S. The van der Waals surface area contributed by atoms with Gasteiger partial charge in [0.25, 0.3) is 11.1 Å². The number of rotatable bonds is 4. The first-order valence-corrected chi connectivity index (χ1v) is 8.18. The van der Waals surface area contributed by atoms with Gasteiger partial charge in [0.15, 0.2) is 0 Å². The number of amides is 2. The summed E-state index contributed by atoms with van der Waals surface area (Å²) in [5.74, 6) is -1.76. The number of hydrogen-bond donors (Lipinski definition) is 1. The third-order valence-electron chi connectivity index (χ3n) is 3.83. The zero-order valence-electron chi connectivity index (χ0n) is 12.4. The van der Waals surface area contributed by atoms with Crippen LogP contribution in [0.4, 0.5) is 10.5 Å². The molecule has 1 N–H and O–H groups in total. The van der Waals surface area contributed by atoms with Crippen LogP contribution in [0.2, 0.25) is 0 Å². The molecule has 7 heteroatoms. The Kier molecular flexibility index (Phi) is 4.38. The lowest BCUT2D eigenvalue weighted by atomic mass is 10.2. The van der Waals surface area contributed by atoms with Crippen LogP contribution >= 0.6 is 11.8 Å². The van der Waals surface area contributed by atoms with E-state index in [2.05, 4.69) is 4.90 Å². The van der Waals surface area contributed by atoms with Crippen LogP contribution in [0.1, 0.15) is 18.4 Å². The number of hydrogen-bond acceptors (Lipinski definition) is 5. The molecule has 0 aromatic heterocycles. The van der Waals surface area contributed by atoms with Crippen molar-refractivity contribution < 1.29 is 19.5 Å². The van der Waals surface area contributed by atoms with Crippen LogP contribution in [0.5, 0.6) is 0 Å². The highest BCUT2D eigenvalue weighted by molar-refractivity contribution is 8.18. The highest BCUT2D eigenvalue weighted by Gasteiger charge is 2.36. The zero-order chi connectivity index (χ0) is 16.4. The van der Waals surface area contributed by atoms with Gasteiger partial charge in [-0.15, -0.1) is 0 Å². The minimum absolute atomic E-state index is 0.255. The first-order chi connectivity index (χ1) is 11.0. The largest absolute Gasteiger partial charge is 0.480 e. The smallest absolute Gasteiger partial charge is 0.323 e. The Balaban J connectivity index is 1.75. The maximum Gasteiger partial charge on any atom is 0.323 e. The number of imide groups is 1. The normalized spacial score (nSPS) is 19.9. The van der Waals surface area contributed by atoms with E-state index < -0.39 is 23.7 Å². The van der Waals surface area contributed by atoms with Gasteiger partial charge in [-0.3, -0.25) is 19.3 Å². The topological polar surface area (TPSA) is 77.9 Å². The maximum absolute atomic E-state index is 12.1. The average molecular weight is 332 g/mol. The molecule has 0 bridgehead atoms. The molecule has 1 aromatic carbocycles. The molecule has 0 radical (unpaired) electrons. The molecule has 6 nitrogen and oxygen atoms in total. The van der Waals surface area contributed by atoms with Crippen molar-refractivity contribution in [1.29, 1.82) is 0 Å². The lowest BCUT2D eigenvalue weighted by molar-refractivity contribution is -0.140. The number of carboxylic acid groups (broad SMARTS) is 1. The molecule has 23 heavy (non-hydrogen) atoms. The molecule has 1 aromatic rings. The molecule has 120 valence electrons. The quantitative estimate of drug-likeness (QED) is 0.853. The van der Waals surface area contributed by atoms with E-state index in [0.29, 0.717) is 0 Å². The van der Waals surface area contributed by atoms with E-state index in [4.69, 9.17) is 5.11 Å². The van der Waals surface area contributed by atoms with Gasteiger partial charge in [0.1, 0.15) is 6.54 Å². The van der Waals surface area contributed by atoms with Gasteiger partial charge in [0.2, 0.25) is 0 Å². The number of benzene rings is 1. The summed E-state index contributed by atoms with van der Waals surface area (Å²) in [6.07, 6.45) is 4.04. The van der Waals surface area contributed by atoms with Crippen molar-refractivity contribution >= 4 is 40.6 Å². The molecule has 3 rings (SSSR count). The molecule has 2 amide bonds. The molecule has 0 atom stereocenters. The van der Waals surface area contributed by atoms with Gasteiger partial charge in [-0.1, -0.05) is 12.1 Å². The second-order valence-corrected chi connectivity index (χ2v) is 6.44. The third kappa shape index (κ3) is 3.39. The summed E-state index contributed by atoms with van der Waals surface area (Å²) < 4.78 is 0. The highest BCUT2D eigenvalue weighted by atomic mass is 32.2. The third-order valence-corrected chi connectivity index (χ3v) is 4.74. The Morgan fingerprint density at radius 2 is 1.83 bits per heavy atom. The summed E-state index contributed by atoms with van der Waals surface area (Å²) in [7, 11) is 0. The molecule has 2 aliphatic rings. The number of carbonyl (C=O) groups excluding carboxylic acids is 2. The summed E-state index contributed by atoms with van der Waals surface area (Å²) in [5, 5.41) is 8.20. The monoisotopic (exact) mass is 332 g/mol. The molecule has 2 heterocycles. The summed E-state index contributed by atoms with van der Waals surface area (Å²) in [4.78, 5) is 37.8. The van der Waals surface area contributed by atoms with E-state index in [1.165, 1.54) is 12.8 Å². The van der Waals surface area contributed by atoms with Crippen molar-refractivity contribution in [1.82, 2.24) is 4.90 Å². The average Bonchev–Trinajstić information content (AvgIpc) is 3.13. The van der Waals surface area contributed by atoms with Crippen molar-refractivity contribution in [3.63, 3.8) is 0 Å². The molecule has 0 aliphatic carbocycles. The van der Waals surface area contributed by atoms with Gasteiger partial charge >= 0.3 is 5.97 Å². The maximum atomic E-state index is 12.1. The van der Waals surface area contributed by atoms with Crippen LogP contribution in [0.25, 0.3) is 6.08 Å². The van der Waals surface area contributed by atoms with E-state index in [-0.39, 0.29) is 4.91 Å². The second kappa shape index (κ2) is 6.45. The SMILES string of the molecule is O=C(O)CN1C(=O)S/C(=C\c2ccc(N3CCCC3)cc2)C1=O. The number of carboxylic acids is 1. The Bertz CT molecular complexity index is 678. The molecule has 0 unspecified atom stereocenters. The molecular weight excluding hydrogens is 316 g/mol. The van der Waals surface area contributed by atoms with Crippen molar-refractivity contribution in [3.8, 4) is 0 Å². The minimum atomic E-state index is -1.21. The Hall–Kier alpha value is -2.28. The van der Waals surface area contributed by atoms with Gasteiger partial charge in [0.05, 0.1) is 4.91 Å². The second-order valence-electron chi connectivity index (χ2n) is 5.45. The van der Waals surface area contributed by atoms with Gasteiger partial charge in [0, 0.05) is 18.8 Å². The lowest BCUT2D eigenvalue weighted by Crippen LogP contribution is -2.33. The first kappa shape index (κ1) is 15.6. The molecule has 0 saturated carbocycles. The van der Waals surface area contributed by atoms with E-state index >= 15 is 0 Å². The van der Waals surface area contributed by atoms with Crippen molar-refractivity contribution in [2.45, 2.75) is 12.8 Å². The van der Waals surface area contributed by atoms with E-state index in [9.17, 15) is 14.4 Å². The fraction of sp³-hybridized carbons (Fsp3) is 0.312. The van der Waals surface area contributed by atoms with E-state index in [0.717, 1.165) is 41.0 Å². The van der Waals surface area contributed by atoms with Gasteiger partial charge in [-0.2, -0.15) is 0 Å². The van der Waals surface area contributed by atoms with Crippen LogP contribution < -0.4 is 4.90 Å². The van der Waals surface area contributed by atoms with E-state index in [1.54, 1.807) is 6.08 Å². The fourth-order valence-corrected chi connectivity index (χ4v) is 3.52. The fourth-order valence-electron chi connectivity index (χ4n) is 2.68. The van der Waals surface area contributed by atoms with Gasteiger partial charge in [-0.25, -0.2) is 0 Å². The summed E-state index contributed by atoms with van der Waals surface area (Å²) in [6, 6.07) is 7.80. The minimum Gasteiger partial charge on any atom is -0.480 e. The number of thioether (sulfide) groups is 1. The lowest BCUT2D eigenvalue weighted by Gasteiger charge is -2.17. The molecule has 0 spiro atoms. The molecule has 2 aliphatic heterocycles. The van der Waals surface area contributed by atoms with Crippen LogP contribution in [0, 0.1) is 0 Å². The van der Waals surface area contributed by atoms with Crippen molar-refractivity contribution in [2.24, 2.45) is 0 Å². The van der Waals surface area contributed by atoms with Crippen molar-refractivity contribution in [3.05, 3.63) is 34.7 Å². The summed E-state index contributed by atoms with van der Waals surface area (Å²) in [6.45, 7) is 1.52. The molecule has 2 saturated heterocycles. The van der Waals surface area contributed by atoms with Crippen LogP contribution in [-0.4, -0.2) is 46.8 Å². The van der Waals surface area contributed by atoms with Crippen LogP contribution in [0.3, 0.4) is 0 Å². The first-order valence-electron chi connectivity index (χ1n) is 7.37. The number of aliphatic carboxylic acids is 1. The van der Waals surface area contributed by atoms with Crippen LogP contribution in [-0.2, 0) is 9.59 Å². The van der Waals surface area contributed by atoms with Crippen molar-refractivity contribution in [2.75, 3.05) is 24.5 Å². The number of nitrogens with zero attached hydrogens (tertiary/aromatic N) is 2. The zero-order valence-corrected chi connectivity index (χ0v) is 13.2. The summed E-state index contributed by atoms with van der Waals surface area (Å²) in [5.41, 5.74) is 1.97. The predicted molar refractivity (Wildman–Crippen MR) is 88.2 cm³/mol. The highest BCUT2D eigenvalue weighted by Crippen LogP contribution is 2.32.